The number of nitrogens with zero attached hydrogens (tertiary/aromatic N) is 5. The fourth-order valence-electron chi connectivity index (χ4n) is 2.50. The van der Waals surface area contributed by atoms with E-state index in [1.54, 1.807) is 23.0 Å². The van der Waals surface area contributed by atoms with E-state index < -0.39 is 0 Å². The van der Waals surface area contributed by atoms with Crippen LogP contribution in [-0.2, 0) is 13.0 Å². The number of amides is 1. The standard InChI is InChI=1S/C16H19N5OS/c1-4-14-18-19-15-13(6-5-7-20(14)15)16(22)21(11(2)3)9-12-8-17-10-23-12/h5-8,10-11H,4,9H2,1-3H3. The molecule has 6 nitrogen and oxygen atoms in total. The highest BCUT2D eigenvalue weighted by atomic mass is 32.1. The van der Waals surface area contributed by atoms with E-state index in [4.69, 9.17) is 0 Å². The summed E-state index contributed by atoms with van der Waals surface area (Å²) in [7, 11) is 0. The van der Waals surface area contributed by atoms with E-state index in [0.29, 0.717) is 17.8 Å². The molecule has 0 atom stereocenters. The van der Waals surface area contributed by atoms with Crippen molar-refractivity contribution in [2.24, 2.45) is 0 Å². The highest BCUT2D eigenvalue weighted by Crippen LogP contribution is 2.18. The first-order chi connectivity index (χ1) is 11.1. The lowest BCUT2D eigenvalue weighted by Gasteiger charge is -2.26. The van der Waals surface area contributed by atoms with Gasteiger partial charge in [-0.1, -0.05) is 6.92 Å². The van der Waals surface area contributed by atoms with Crippen LogP contribution in [0, 0.1) is 0 Å². The molecule has 0 bridgehead atoms. The second-order valence-corrected chi connectivity index (χ2v) is 6.55. The molecule has 0 fully saturated rings. The van der Waals surface area contributed by atoms with Crippen molar-refractivity contribution in [2.75, 3.05) is 0 Å². The van der Waals surface area contributed by atoms with Gasteiger partial charge in [0.1, 0.15) is 5.82 Å². The summed E-state index contributed by atoms with van der Waals surface area (Å²) in [6.07, 6.45) is 4.47. The number of hydrogen-bond donors (Lipinski definition) is 0. The largest absolute Gasteiger partial charge is 0.331 e. The van der Waals surface area contributed by atoms with Crippen LogP contribution < -0.4 is 0 Å². The molecule has 3 aromatic heterocycles. The number of rotatable bonds is 5. The second kappa shape index (κ2) is 6.45. The summed E-state index contributed by atoms with van der Waals surface area (Å²) in [6, 6.07) is 3.76. The zero-order valence-corrected chi connectivity index (χ0v) is 14.2. The summed E-state index contributed by atoms with van der Waals surface area (Å²) in [6.45, 7) is 6.60. The second-order valence-electron chi connectivity index (χ2n) is 5.58. The Bertz CT molecular complexity index is 809. The summed E-state index contributed by atoms with van der Waals surface area (Å²) in [5, 5.41) is 8.38. The molecule has 0 aromatic carbocycles. The summed E-state index contributed by atoms with van der Waals surface area (Å²) >= 11 is 1.55. The van der Waals surface area contributed by atoms with Gasteiger partial charge in [0, 0.05) is 29.7 Å². The first-order valence-corrected chi connectivity index (χ1v) is 8.50. The molecule has 0 saturated carbocycles. The fourth-order valence-corrected chi connectivity index (χ4v) is 3.10. The van der Waals surface area contributed by atoms with Gasteiger partial charge < -0.3 is 4.90 Å². The first kappa shape index (κ1) is 15.6. The van der Waals surface area contributed by atoms with Crippen molar-refractivity contribution in [3.8, 4) is 0 Å². The molecule has 0 aliphatic carbocycles. The minimum absolute atomic E-state index is 0.0333. The van der Waals surface area contributed by atoms with Crippen LogP contribution in [0.4, 0.5) is 0 Å². The maximum atomic E-state index is 13.1. The van der Waals surface area contributed by atoms with E-state index in [-0.39, 0.29) is 11.9 Å². The van der Waals surface area contributed by atoms with E-state index in [1.165, 1.54) is 0 Å². The van der Waals surface area contributed by atoms with Gasteiger partial charge in [-0.2, -0.15) is 0 Å². The van der Waals surface area contributed by atoms with Crippen LogP contribution in [0.15, 0.2) is 30.0 Å². The van der Waals surface area contributed by atoms with Gasteiger partial charge in [0.2, 0.25) is 0 Å². The molecule has 0 radical (unpaired) electrons. The zero-order chi connectivity index (χ0) is 16.4. The molecular formula is C16H19N5OS. The Labute approximate surface area is 138 Å². The molecule has 3 aromatic rings. The molecule has 3 rings (SSSR count). The highest BCUT2D eigenvalue weighted by Gasteiger charge is 2.23. The van der Waals surface area contributed by atoms with Crippen LogP contribution in [0.25, 0.3) is 5.65 Å². The summed E-state index contributed by atoms with van der Waals surface area (Å²) < 4.78 is 1.89. The highest BCUT2D eigenvalue weighted by molar-refractivity contribution is 7.09. The van der Waals surface area contributed by atoms with Crippen molar-refractivity contribution in [3.63, 3.8) is 0 Å². The molecule has 0 spiro atoms. The SMILES string of the molecule is CCc1nnc2c(C(=O)N(Cc3cncs3)C(C)C)cccn12. The lowest BCUT2D eigenvalue weighted by atomic mass is 10.2. The van der Waals surface area contributed by atoms with Gasteiger partial charge in [0.25, 0.3) is 5.91 Å². The first-order valence-electron chi connectivity index (χ1n) is 7.62. The Morgan fingerprint density at radius 2 is 2.22 bits per heavy atom. The van der Waals surface area contributed by atoms with Crippen molar-refractivity contribution >= 4 is 22.9 Å². The van der Waals surface area contributed by atoms with Crippen LogP contribution >= 0.6 is 11.3 Å². The van der Waals surface area contributed by atoms with Crippen LogP contribution in [-0.4, -0.2) is 36.4 Å². The maximum absolute atomic E-state index is 13.1. The van der Waals surface area contributed by atoms with Gasteiger partial charge in [0.15, 0.2) is 5.65 Å². The molecule has 23 heavy (non-hydrogen) atoms. The average molecular weight is 329 g/mol. The molecular weight excluding hydrogens is 310 g/mol. The molecule has 0 aliphatic heterocycles. The lowest BCUT2D eigenvalue weighted by Crippen LogP contribution is -2.36. The van der Waals surface area contributed by atoms with Crippen LogP contribution in [0.5, 0.6) is 0 Å². The van der Waals surface area contributed by atoms with E-state index in [1.807, 2.05) is 48.4 Å². The van der Waals surface area contributed by atoms with Gasteiger partial charge in [-0.05, 0) is 26.0 Å². The van der Waals surface area contributed by atoms with Crippen LogP contribution in [0.3, 0.4) is 0 Å². The van der Waals surface area contributed by atoms with E-state index in [2.05, 4.69) is 15.2 Å². The van der Waals surface area contributed by atoms with Gasteiger partial charge in [-0.15, -0.1) is 21.5 Å². The smallest absolute Gasteiger partial charge is 0.258 e. The number of hydrogen-bond acceptors (Lipinski definition) is 5. The normalized spacial score (nSPS) is 11.3. The zero-order valence-electron chi connectivity index (χ0n) is 13.4. The van der Waals surface area contributed by atoms with Crippen molar-refractivity contribution in [2.45, 2.75) is 39.8 Å². The molecule has 0 N–H and O–H groups in total. The number of aryl methyl sites for hydroxylation is 1. The van der Waals surface area contributed by atoms with E-state index in [0.717, 1.165) is 17.1 Å². The Hall–Kier alpha value is -2.28. The summed E-state index contributed by atoms with van der Waals surface area (Å²) in [5.41, 5.74) is 2.98. The van der Waals surface area contributed by atoms with E-state index in [9.17, 15) is 4.79 Å². The quantitative estimate of drug-likeness (QED) is 0.722. The summed E-state index contributed by atoms with van der Waals surface area (Å²) in [4.78, 5) is 20.0. The van der Waals surface area contributed by atoms with Crippen molar-refractivity contribution < 1.29 is 4.79 Å². The number of pyridine rings is 1. The Morgan fingerprint density at radius 1 is 1.39 bits per heavy atom. The third kappa shape index (κ3) is 2.96. The average Bonchev–Trinajstić information content (AvgIpc) is 3.20. The van der Waals surface area contributed by atoms with Crippen molar-refractivity contribution in [1.82, 2.24) is 24.5 Å². The molecule has 1 amide bonds. The number of carbonyl (C=O) groups is 1. The van der Waals surface area contributed by atoms with Gasteiger partial charge in [-0.25, -0.2) is 0 Å². The minimum atomic E-state index is -0.0333. The molecule has 3 heterocycles. The number of carbonyl (C=O) groups excluding carboxylic acids is 1. The molecule has 0 unspecified atom stereocenters. The Balaban J connectivity index is 1.98. The maximum Gasteiger partial charge on any atom is 0.258 e. The predicted octanol–water partition coefficient (Wildman–Crippen LogP) is 2.80. The van der Waals surface area contributed by atoms with Gasteiger partial charge in [-0.3, -0.25) is 14.2 Å². The number of thiazole rings is 1. The van der Waals surface area contributed by atoms with Crippen molar-refractivity contribution in [1.29, 1.82) is 0 Å². The Morgan fingerprint density at radius 3 is 2.87 bits per heavy atom. The van der Waals surface area contributed by atoms with Gasteiger partial charge in [0.05, 0.1) is 17.6 Å². The number of aromatic nitrogens is 4. The fraction of sp³-hybridized carbons (Fsp3) is 0.375. The third-order valence-electron chi connectivity index (χ3n) is 3.75. The molecule has 120 valence electrons. The van der Waals surface area contributed by atoms with Crippen molar-refractivity contribution in [3.05, 3.63) is 46.3 Å². The van der Waals surface area contributed by atoms with Crippen LogP contribution in [0.2, 0.25) is 0 Å². The third-order valence-corrected chi connectivity index (χ3v) is 4.51. The topological polar surface area (TPSA) is 63.4 Å². The summed E-state index contributed by atoms with van der Waals surface area (Å²) in [5.74, 6) is 0.822. The Kier molecular flexibility index (Phi) is 4.38. The van der Waals surface area contributed by atoms with Crippen LogP contribution in [0.1, 0.15) is 41.8 Å². The van der Waals surface area contributed by atoms with Gasteiger partial charge >= 0.3 is 0 Å². The lowest BCUT2D eigenvalue weighted by molar-refractivity contribution is 0.0693. The monoisotopic (exact) mass is 329 g/mol. The molecule has 7 heteroatoms. The molecule has 0 saturated heterocycles. The predicted molar refractivity (Wildman–Crippen MR) is 89.5 cm³/mol. The minimum Gasteiger partial charge on any atom is -0.331 e. The molecule has 0 aliphatic rings. The van der Waals surface area contributed by atoms with E-state index >= 15 is 0 Å². The number of fused-ring (bicyclic) bond motifs is 1.